The Balaban J connectivity index is 0.000000119. The number of hydrogen-bond acceptors (Lipinski definition) is 17. The van der Waals surface area contributed by atoms with Gasteiger partial charge in [0.15, 0.2) is 0 Å². The summed E-state index contributed by atoms with van der Waals surface area (Å²) in [4.78, 5) is 84.9. The number of halogens is 9. The van der Waals surface area contributed by atoms with Gasteiger partial charge in [-0.2, -0.15) is 15.5 Å². The standard InChI is InChI=1S/C32H27Cl2FN4O4.C32H27Cl2FN4O3.C31H29Cl2FN4O3.C2H3N/c1-15-18(30(40)43-2)9-10-19-24-13-25-29(38(24)37-28(15)19)26(20-4-3-5-22(34)27(20)35)32(39(25,42)14-16-6-7-16)21-11-8-17(33)12-23(21)36-31(32)41;1-15-18(30(40)42-2)9-10-19-24-13-25-29(39(24)37-28(15)19)26(20-4-3-5-22(34)27(20)35)32(38(25)14-16-6-7-16)21-11-8-17(33)12-23(21)36-31(32)41;1-41-29(39)16-7-9-18(22(35)11-16)23-13-25-28(36-23)26(19-3-2-4-21(33)27(19)34)31(38(25)14-15-5-6-15)20-10-8-17(32)12-24(20)37-30(31)40;1-2-3/h3-5,8-12,16,25-26,29H,6-7,13-14H2,1-2H3,(H,36,41);3-5,8-12,16,25-26,29H,6-7,13-14H2,1-2H3,(H,36,41);2-4,7-12,15,23,25-26,28,36H,5-6,13-14,35H2,1H3,(H,37,40);1H3/t25-,26-,29+,32+,39?;25-,26-,29+,32+;23?,25-,26-,28+,31+;/m000./s1. The minimum absolute atomic E-state index is 0.0111. The molecule has 0 bridgehead atoms. The van der Waals surface area contributed by atoms with Crippen molar-refractivity contribution in [1.82, 2.24) is 34.7 Å². The number of hydroxylamine groups is 3. The van der Waals surface area contributed by atoms with Crippen LogP contribution in [0.2, 0.25) is 30.1 Å². The number of carbonyl (C=O) groups excluding carboxylic acids is 6. The first-order valence-electron chi connectivity index (χ1n) is 43.0. The number of nitriles is 1. The summed E-state index contributed by atoms with van der Waals surface area (Å²) in [6.07, 6.45) is 7.80. The van der Waals surface area contributed by atoms with Gasteiger partial charge in [0.2, 0.25) is 17.4 Å². The quantitative estimate of drug-likeness (QED) is 0.0236. The number of fused-ring (bicyclic) bond motifs is 17. The highest BCUT2D eigenvalue weighted by molar-refractivity contribution is 6.33. The van der Waals surface area contributed by atoms with E-state index in [1.165, 1.54) is 46.5 Å². The van der Waals surface area contributed by atoms with E-state index >= 15 is 18.4 Å². The van der Waals surface area contributed by atoms with Crippen molar-refractivity contribution in [1.29, 1.82) is 5.26 Å². The van der Waals surface area contributed by atoms with E-state index in [9.17, 15) is 28.8 Å². The van der Waals surface area contributed by atoms with Crippen LogP contribution in [0.25, 0.3) is 21.8 Å². The first kappa shape index (κ1) is 86.4. The number of nitrogens with zero attached hydrogens (tertiary/aromatic N) is 8. The lowest BCUT2D eigenvalue weighted by Crippen LogP contribution is -2.64. The molecule has 0 radical (unpaired) electrons. The first-order valence-corrected chi connectivity index (χ1v) is 45.3. The van der Waals surface area contributed by atoms with Crippen molar-refractivity contribution < 1.29 is 60.8 Å². The summed E-state index contributed by atoms with van der Waals surface area (Å²) in [6.45, 7) is 6.75. The molecule has 11 heterocycles. The highest BCUT2D eigenvalue weighted by Gasteiger charge is 2.78. The van der Waals surface area contributed by atoms with Crippen molar-refractivity contribution >= 4 is 150 Å². The van der Waals surface area contributed by atoms with E-state index in [-0.39, 0.29) is 75.1 Å². The number of amides is 3. The van der Waals surface area contributed by atoms with Crippen molar-refractivity contribution in [3.63, 3.8) is 0 Å². The van der Waals surface area contributed by atoms with Crippen LogP contribution in [0.1, 0.15) is 180 Å². The predicted octanol–water partition coefficient (Wildman–Crippen LogP) is 19.0. The largest absolute Gasteiger partial charge is 0.632 e. The second-order valence-corrected chi connectivity index (χ2v) is 38.4. The lowest BCUT2D eigenvalue weighted by molar-refractivity contribution is -0.940. The number of nitrogens with two attached hydrogens (primary N) is 1. The van der Waals surface area contributed by atoms with Gasteiger partial charge in [0.05, 0.1) is 100 Å². The van der Waals surface area contributed by atoms with Crippen LogP contribution in [-0.2, 0) is 58.1 Å². The molecule has 6 N–H and O–H groups in total. The molecule has 3 saturated carbocycles. The number of likely N-dealkylation sites (tertiary alicyclic amines) is 3. The van der Waals surface area contributed by atoms with Crippen molar-refractivity contribution in [3.05, 3.63) is 283 Å². The smallest absolute Gasteiger partial charge is 0.338 e. The van der Waals surface area contributed by atoms with E-state index in [1.54, 1.807) is 109 Å². The maximum Gasteiger partial charge on any atom is 0.338 e. The maximum atomic E-state index is 16.2. The second-order valence-electron chi connectivity index (χ2n) is 35.9. The fourth-order valence-electron chi connectivity index (χ4n) is 23.5. The zero-order valence-electron chi connectivity index (χ0n) is 70.6. The van der Waals surface area contributed by atoms with Crippen LogP contribution in [-0.4, -0.2) is 135 Å². The minimum atomic E-state index is -1.70. The zero-order chi connectivity index (χ0) is 90.4. The molecule has 9 aliphatic heterocycles. The van der Waals surface area contributed by atoms with E-state index in [0.29, 0.717) is 132 Å². The molecule has 3 spiro atoms. The van der Waals surface area contributed by atoms with Gasteiger partial charge in [-0.05, 0) is 183 Å². The molecule has 3 amide bonds. The lowest BCUT2D eigenvalue weighted by Gasteiger charge is -2.54. The topological polar surface area (TPSA) is 293 Å². The monoisotopic (exact) mass is 1860 g/mol. The maximum absolute atomic E-state index is 16.2. The Morgan fingerprint density at radius 2 is 0.984 bits per heavy atom. The summed E-state index contributed by atoms with van der Waals surface area (Å²) in [7, 11) is 4.02. The van der Waals surface area contributed by atoms with Crippen LogP contribution < -0.4 is 27.0 Å². The molecule has 23 nitrogen and oxygen atoms in total. The Labute approximate surface area is 769 Å². The third-order valence-corrected chi connectivity index (χ3v) is 30.8. The summed E-state index contributed by atoms with van der Waals surface area (Å²) in [5.74, 6) is -4.99. The highest BCUT2D eigenvalue weighted by Crippen LogP contribution is 2.70. The Kier molecular flexibility index (Phi) is 21.5. The second kappa shape index (κ2) is 32.1. The number of aromatic nitrogens is 4. The van der Waals surface area contributed by atoms with E-state index in [1.807, 2.05) is 53.5 Å². The van der Waals surface area contributed by atoms with Crippen molar-refractivity contribution in [3.8, 4) is 6.07 Å². The Morgan fingerprint density at radius 1 is 0.543 bits per heavy atom. The van der Waals surface area contributed by atoms with Crippen LogP contribution in [0.15, 0.2) is 152 Å². The summed E-state index contributed by atoms with van der Waals surface area (Å²) in [5.41, 5.74) is 14.3. The molecule has 3 aliphatic carbocycles. The molecular formula is C97H86Cl6F3N13O10. The van der Waals surface area contributed by atoms with E-state index in [0.717, 1.165) is 82.9 Å². The molecule has 12 aliphatic rings. The van der Waals surface area contributed by atoms with Crippen LogP contribution in [0.3, 0.4) is 0 Å². The molecule has 2 aromatic heterocycles. The van der Waals surface area contributed by atoms with Gasteiger partial charge >= 0.3 is 17.9 Å². The average molecular weight is 1860 g/mol. The number of methoxy groups -OCH3 is 3. The van der Waals surface area contributed by atoms with Gasteiger partial charge in [-0.3, -0.25) is 33.5 Å². The number of nitrogens with one attached hydrogen (secondary N) is 4. The Hall–Kier alpha value is -10.6. The number of rotatable bonds is 13. The summed E-state index contributed by atoms with van der Waals surface area (Å²) >= 11 is 38.1. The number of nitrogen functional groups attached to an aromatic ring is 1. The van der Waals surface area contributed by atoms with Gasteiger partial charge in [0, 0.05) is 146 Å². The third kappa shape index (κ3) is 13.0. The Bertz CT molecular complexity index is 6700. The number of quaternary nitrogens is 1. The van der Waals surface area contributed by atoms with Crippen molar-refractivity contribution in [2.24, 2.45) is 17.8 Å². The molecule has 7 fully saturated rings. The predicted molar refractivity (Wildman–Crippen MR) is 484 cm³/mol. The zero-order valence-corrected chi connectivity index (χ0v) is 75.1. The summed E-state index contributed by atoms with van der Waals surface area (Å²) < 4.78 is 66.1. The molecule has 9 aromatic carbocycles. The number of carbonyl (C=O) groups is 6. The molecule has 14 atom stereocenters. The fraction of sp³-hybridized carbons (Fsp3) is 0.351. The van der Waals surface area contributed by atoms with Gasteiger partial charge < -0.3 is 51.1 Å². The van der Waals surface area contributed by atoms with Gasteiger partial charge in [0.1, 0.15) is 40.6 Å². The number of ether oxygens (including phenoxy) is 3. The number of hydrogen-bond donors (Lipinski definition) is 5. The molecule has 11 aromatic rings. The highest BCUT2D eigenvalue weighted by atomic mass is 35.5. The van der Waals surface area contributed by atoms with Gasteiger partial charge in [-0.15, -0.1) is 0 Å². The van der Waals surface area contributed by atoms with Crippen LogP contribution in [0, 0.1) is 65.6 Å². The van der Waals surface area contributed by atoms with Crippen LogP contribution >= 0.6 is 69.6 Å². The molecule has 4 saturated heterocycles. The van der Waals surface area contributed by atoms with Gasteiger partial charge in [-0.1, -0.05) is 136 Å². The summed E-state index contributed by atoms with van der Waals surface area (Å²) in [5, 5.41) is 49.4. The SMILES string of the molecule is CC#N.COC(=O)c1ccc(C2C[C@H]3[C@@H](N2)[C@H](c2cccc(Cl)c2F)[C@]2(C(=O)Nc4cc(Cl)ccc42)N3CC2CC2)c(N)c1.COC(=O)c1ccc2c3n(nc2c1C)[C@@H]1[C@H](C3)N(CC2CC2)[C@@]2(C(=O)Nc3cc(Cl)ccc32)[C@H]1c1cccc(Cl)c1F.COC(=O)c1ccc2c3n(nc2c1C)[C@H]1[C@H](c2cccc(Cl)c2F)[C@]2(C(=O)Nc4cc(Cl)ccc42)[N+]([O-])(CC2CC2)[C@H]1C3. The normalized spacial score (nSPS) is 27.2. The number of anilines is 4. The van der Waals surface area contributed by atoms with E-state index < -0.39 is 92.4 Å². The minimum Gasteiger partial charge on any atom is -0.632 e. The average Bonchev–Trinajstić information content (AvgIpc) is 1.49. The first-order chi connectivity index (χ1) is 62.0. The molecule has 32 heteroatoms. The van der Waals surface area contributed by atoms with Crippen LogP contribution in [0.5, 0.6) is 0 Å². The summed E-state index contributed by atoms with van der Waals surface area (Å²) in [6, 6.07) is 42.6. The van der Waals surface area contributed by atoms with Crippen LogP contribution in [0.4, 0.5) is 35.9 Å². The fourth-order valence-corrected chi connectivity index (χ4v) is 24.6. The van der Waals surface area contributed by atoms with E-state index in [4.69, 9.17) is 105 Å². The molecule has 129 heavy (non-hydrogen) atoms. The molecular weight excluding hydrogens is 1780 g/mol. The number of aryl methyl sites for hydroxylation is 2. The third-order valence-electron chi connectivity index (χ3n) is 29.3. The van der Waals surface area contributed by atoms with Gasteiger partial charge in [-0.25, -0.2) is 27.6 Å². The number of esters is 3. The lowest BCUT2D eigenvalue weighted by atomic mass is 9.73. The molecule has 662 valence electrons. The molecule has 23 rings (SSSR count). The van der Waals surface area contributed by atoms with E-state index in [2.05, 4.69) is 31.1 Å². The van der Waals surface area contributed by atoms with Crippen molar-refractivity contribution in [2.75, 3.05) is 62.6 Å². The van der Waals surface area contributed by atoms with Gasteiger partial charge in [0.25, 0.3) is 5.91 Å². The van der Waals surface area contributed by atoms with Crippen molar-refractivity contribution in [2.45, 2.75) is 155 Å². The Morgan fingerprint density at radius 3 is 1.47 bits per heavy atom. The number of benzene rings is 9. The molecule has 2 unspecified atom stereocenters.